The van der Waals surface area contributed by atoms with Gasteiger partial charge in [-0.05, 0) is 53.4 Å². The third-order valence-corrected chi connectivity index (χ3v) is 4.99. The van der Waals surface area contributed by atoms with E-state index in [-0.39, 0.29) is 0 Å². The standard InChI is InChI=1S/C10H14BrNS/c1-7(6-12)10(4-5-10)8-2-3-9(11)13-8/h2-3,7H,4-6,12H2,1H3. The van der Waals surface area contributed by atoms with Crippen LogP contribution in [-0.2, 0) is 5.41 Å². The van der Waals surface area contributed by atoms with Gasteiger partial charge in [0.1, 0.15) is 0 Å². The van der Waals surface area contributed by atoms with Gasteiger partial charge >= 0.3 is 0 Å². The molecule has 1 aromatic rings. The first-order valence-corrected chi connectivity index (χ1v) is 6.26. The van der Waals surface area contributed by atoms with Gasteiger partial charge in [0.25, 0.3) is 0 Å². The third-order valence-electron chi connectivity index (χ3n) is 3.15. The highest BCUT2D eigenvalue weighted by Gasteiger charge is 2.48. The second-order valence-electron chi connectivity index (χ2n) is 3.90. The van der Waals surface area contributed by atoms with E-state index in [1.165, 1.54) is 21.5 Å². The van der Waals surface area contributed by atoms with Crippen molar-refractivity contribution < 1.29 is 0 Å². The maximum atomic E-state index is 5.74. The minimum atomic E-state index is 0.436. The topological polar surface area (TPSA) is 26.0 Å². The molecule has 0 saturated heterocycles. The fourth-order valence-corrected chi connectivity index (χ4v) is 3.67. The zero-order valence-corrected chi connectivity index (χ0v) is 10.1. The second-order valence-corrected chi connectivity index (χ2v) is 6.36. The predicted octanol–water partition coefficient (Wildman–Crippen LogP) is 3.14. The zero-order chi connectivity index (χ0) is 9.47. The van der Waals surface area contributed by atoms with Crippen LogP contribution in [0.15, 0.2) is 15.9 Å². The maximum absolute atomic E-state index is 5.74. The summed E-state index contributed by atoms with van der Waals surface area (Å²) in [6.07, 6.45) is 2.64. The molecule has 0 spiro atoms. The van der Waals surface area contributed by atoms with Crippen LogP contribution in [0.25, 0.3) is 0 Å². The van der Waals surface area contributed by atoms with E-state index >= 15 is 0 Å². The molecule has 2 rings (SSSR count). The summed E-state index contributed by atoms with van der Waals surface area (Å²) in [5.41, 5.74) is 6.17. The molecule has 0 aromatic carbocycles. The Hall–Kier alpha value is 0.140. The van der Waals surface area contributed by atoms with Gasteiger partial charge < -0.3 is 5.73 Å². The van der Waals surface area contributed by atoms with Crippen LogP contribution < -0.4 is 5.73 Å². The van der Waals surface area contributed by atoms with Crippen molar-refractivity contribution in [2.45, 2.75) is 25.2 Å². The van der Waals surface area contributed by atoms with E-state index in [2.05, 4.69) is 35.0 Å². The summed E-state index contributed by atoms with van der Waals surface area (Å²) in [6.45, 7) is 3.07. The van der Waals surface area contributed by atoms with E-state index in [0.717, 1.165) is 6.54 Å². The van der Waals surface area contributed by atoms with E-state index in [1.54, 1.807) is 0 Å². The van der Waals surface area contributed by atoms with Gasteiger partial charge in [-0.2, -0.15) is 0 Å². The molecule has 1 aliphatic rings. The molecule has 1 unspecified atom stereocenters. The molecular weight excluding hydrogens is 246 g/mol. The number of halogens is 1. The van der Waals surface area contributed by atoms with Crippen LogP contribution in [0.2, 0.25) is 0 Å². The van der Waals surface area contributed by atoms with Crippen molar-refractivity contribution in [1.29, 1.82) is 0 Å². The molecule has 0 radical (unpaired) electrons. The van der Waals surface area contributed by atoms with E-state index in [4.69, 9.17) is 5.73 Å². The zero-order valence-electron chi connectivity index (χ0n) is 7.72. The molecule has 1 heterocycles. The Balaban J connectivity index is 2.25. The molecular formula is C10H14BrNS. The SMILES string of the molecule is CC(CN)C1(c2ccc(Br)s2)CC1. The Morgan fingerprint density at radius 1 is 1.62 bits per heavy atom. The van der Waals surface area contributed by atoms with Crippen LogP contribution in [0.3, 0.4) is 0 Å². The van der Waals surface area contributed by atoms with Crippen molar-refractivity contribution in [2.24, 2.45) is 11.7 Å². The molecule has 13 heavy (non-hydrogen) atoms. The van der Waals surface area contributed by atoms with Gasteiger partial charge in [-0.1, -0.05) is 6.92 Å². The normalized spacial score (nSPS) is 21.5. The van der Waals surface area contributed by atoms with Crippen molar-refractivity contribution in [2.75, 3.05) is 6.54 Å². The molecule has 0 aliphatic heterocycles. The summed E-state index contributed by atoms with van der Waals surface area (Å²) < 4.78 is 1.23. The number of nitrogens with two attached hydrogens (primary N) is 1. The lowest BCUT2D eigenvalue weighted by Crippen LogP contribution is -2.24. The predicted molar refractivity (Wildman–Crippen MR) is 61.1 cm³/mol. The van der Waals surface area contributed by atoms with Gasteiger partial charge in [0.15, 0.2) is 0 Å². The maximum Gasteiger partial charge on any atom is 0.0701 e. The Kier molecular flexibility index (Phi) is 2.51. The Morgan fingerprint density at radius 3 is 2.69 bits per heavy atom. The van der Waals surface area contributed by atoms with Crippen LogP contribution in [0.4, 0.5) is 0 Å². The lowest BCUT2D eigenvalue weighted by atomic mass is 9.89. The monoisotopic (exact) mass is 259 g/mol. The Morgan fingerprint density at radius 2 is 2.31 bits per heavy atom. The fraction of sp³-hybridized carbons (Fsp3) is 0.600. The molecule has 2 N–H and O–H groups in total. The lowest BCUT2D eigenvalue weighted by molar-refractivity contribution is 0.457. The molecule has 1 atom stereocenters. The van der Waals surface area contributed by atoms with Gasteiger partial charge in [0.2, 0.25) is 0 Å². The van der Waals surface area contributed by atoms with Gasteiger partial charge in [-0.3, -0.25) is 0 Å². The second kappa shape index (κ2) is 3.37. The first-order valence-electron chi connectivity index (χ1n) is 4.65. The summed E-state index contributed by atoms with van der Waals surface area (Å²) in [4.78, 5) is 1.51. The Bertz CT molecular complexity index is 304. The summed E-state index contributed by atoms with van der Waals surface area (Å²) in [6, 6.07) is 4.39. The number of rotatable bonds is 3. The van der Waals surface area contributed by atoms with E-state index < -0.39 is 0 Å². The van der Waals surface area contributed by atoms with Crippen LogP contribution >= 0.6 is 27.3 Å². The van der Waals surface area contributed by atoms with Gasteiger partial charge in [-0.25, -0.2) is 0 Å². The number of hydrogen-bond acceptors (Lipinski definition) is 2. The van der Waals surface area contributed by atoms with Gasteiger partial charge in [0, 0.05) is 10.3 Å². The number of hydrogen-bond donors (Lipinski definition) is 1. The first-order chi connectivity index (χ1) is 6.19. The third kappa shape index (κ3) is 1.58. The smallest absolute Gasteiger partial charge is 0.0701 e. The molecule has 1 fully saturated rings. The van der Waals surface area contributed by atoms with Crippen LogP contribution in [-0.4, -0.2) is 6.54 Å². The Labute approximate surface area is 91.5 Å². The molecule has 3 heteroatoms. The van der Waals surface area contributed by atoms with E-state index in [0.29, 0.717) is 11.3 Å². The highest BCUT2D eigenvalue weighted by atomic mass is 79.9. The van der Waals surface area contributed by atoms with E-state index in [1.807, 2.05) is 11.3 Å². The molecule has 1 saturated carbocycles. The summed E-state index contributed by atoms with van der Waals surface area (Å²) in [7, 11) is 0. The summed E-state index contributed by atoms with van der Waals surface area (Å²) in [5, 5.41) is 0. The van der Waals surface area contributed by atoms with Crippen molar-refractivity contribution in [1.82, 2.24) is 0 Å². The summed E-state index contributed by atoms with van der Waals surface area (Å²) in [5.74, 6) is 0.623. The van der Waals surface area contributed by atoms with Crippen molar-refractivity contribution in [3.05, 3.63) is 20.8 Å². The van der Waals surface area contributed by atoms with Crippen molar-refractivity contribution in [3.8, 4) is 0 Å². The van der Waals surface area contributed by atoms with Gasteiger partial charge in [0.05, 0.1) is 3.79 Å². The van der Waals surface area contributed by atoms with Crippen molar-refractivity contribution in [3.63, 3.8) is 0 Å². The van der Waals surface area contributed by atoms with Crippen LogP contribution in [0.5, 0.6) is 0 Å². The highest BCUT2D eigenvalue weighted by Crippen LogP contribution is 2.55. The average molecular weight is 260 g/mol. The molecule has 0 amide bonds. The highest BCUT2D eigenvalue weighted by molar-refractivity contribution is 9.11. The average Bonchev–Trinajstić information content (AvgIpc) is 2.83. The summed E-state index contributed by atoms with van der Waals surface area (Å²) >= 11 is 5.37. The number of thiophene rings is 1. The van der Waals surface area contributed by atoms with Crippen molar-refractivity contribution >= 4 is 27.3 Å². The van der Waals surface area contributed by atoms with E-state index in [9.17, 15) is 0 Å². The largest absolute Gasteiger partial charge is 0.330 e. The molecule has 1 aromatic heterocycles. The van der Waals surface area contributed by atoms with Gasteiger partial charge in [-0.15, -0.1) is 11.3 Å². The molecule has 1 aliphatic carbocycles. The molecule has 72 valence electrons. The van der Waals surface area contributed by atoms with Crippen LogP contribution in [0.1, 0.15) is 24.6 Å². The minimum absolute atomic E-state index is 0.436. The van der Waals surface area contributed by atoms with Crippen LogP contribution in [0, 0.1) is 5.92 Å². The minimum Gasteiger partial charge on any atom is -0.330 e. The fourth-order valence-electron chi connectivity index (χ4n) is 1.92. The lowest BCUT2D eigenvalue weighted by Gasteiger charge is -2.20. The molecule has 0 bridgehead atoms. The molecule has 1 nitrogen and oxygen atoms in total. The first kappa shape index (κ1) is 9.69. The quantitative estimate of drug-likeness (QED) is 0.887.